The van der Waals surface area contributed by atoms with E-state index in [2.05, 4.69) is 42.2 Å². The number of thiophene rings is 1. The van der Waals surface area contributed by atoms with Crippen molar-refractivity contribution in [2.24, 2.45) is 5.41 Å². The number of nitrogens with two attached hydrogens (primary N) is 1. The fourth-order valence-corrected chi connectivity index (χ4v) is 4.55. The Labute approximate surface area is 138 Å². The zero-order valence-electron chi connectivity index (χ0n) is 13.4. The van der Waals surface area contributed by atoms with Crippen LogP contribution in [0.5, 0.6) is 0 Å². The van der Waals surface area contributed by atoms with Crippen molar-refractivity contribution in [2.75, 3.05) is 11.1 Å². The minimum absolute atomic E-state index is 0.0499. The summed E-state index contributed by atoms with van der Waals surface area (Å²) in [5, 5.41) is 9.67. The SMILES string of the molecule is Cc1ccsc1[C@@H]1C2=C(CC(C)(C)CC2=O)Nc2nc(N)nn21. The number of allylic oxidation sites excluding steroid dienone is 2. The molecule has 3 heterocycles. The fourth-order valence-electron chi connectivity index (χ4n) is 3.53. The standard InChI is InChI=1S/C16H19N5OS/c1-8-4-5-23-13(8)12-11-9(6-16(2,3)7-10(11)22)18-15-19-14(17)20-21(12)15/h4-5,12H,6-7H2,1-3H3,(H3,17,18,19,20)/t12-/m0/s1. The van der Waals surface area contributed by atoms with E-state index < -0.39 is 0 Å². The number of rotatable bonds is 1. The van der Waals surface area contributed by atoms with Gasteiger partial charge in [-0.25, -0.2) is 4.68 Å². The third-order valence-electron chi connectivity index (χ3n) is 4.50. The average Bonchev–Trinajstić information content (AvgIpc) is 2.99. The van der Waals surface area contributed by atoms with Crippen LogP contribution in [0.15, 0.2) is 22.7 Å². The van der Waals surface area contributed by atoms with Crippen LogP contribution < -0.4 is 11.1 Å². The van der Waals surface area contributed by atoms with Gasteiger partial charge < -0.3 is 11.1 Å². The Balaban J connectivity index is 1.94. The number of nitrogens with zero attached hydrogens (tertiary/aromatic N) is 3. The highest BCUT2D eigenvalue weighted by Gasteiger charge is 2.42. The van der Waals surface area contributed by atoms with Gasteiger partial charge in [0, 0.05) is 22.6 Å². The molecular weight excluding hydrogens is 310 g/mol. The monoisotopic (exact) mass is 329 g/mol. The lowest BCUT2D eigenvalue weighted by Crippen LogP contribution is -2.36. The molecule has 0 unspecified atom stereocenters. The Morgan fingerprint density at radius 1 is 1.43 bits per heavy atom. The van der Waals surface area contributed by atoms with Gasteiger partial charge in [0.15, 0.2) is 5.78 Å². The third kappa shape index (κ3) is 2.18. The van der Waals surface area contributed by atoms with Crippen LogP contribution in [0.3, 0.4) is 0 Å². The van der Waals surface area contributed by atoms with Crippen molar-refractivity contribution < 1.29 is 4.79 Å². The normalized spacial score (nSPS) is 22.6. The molecular formula is C16H19N5OS. The summed E-state index contributed by atoms with van der Waals surface area (Å²) in [6, 6.07) is 1.84. The Hall–Kier alpha value is -2.15. The lowest BCUT2D eigenvalue weighted by molar-refractivity contribution is -0.118. The molecule has 7 heteroatoms. The molecule has 2 aromatic rings. The van der Waals surface area contributed by atoms with Gasteiger partial charge in [-0.2, -0.15) is 4.98 Å². The number of Topliss-reactive ketones (excluding diaryl/α,β-unsaturated/α-hetero) is 1. The van der Waals surface area contributed by atoms with Crippen molar-refractivity contribution in [3.05, 3.63) is 33.2 Å². The van der Waals surface area contributed by atoms with Crippen LogP contribution >= 0.6 is 11.3 Å². The van der Waals surface area contributed by atoms with E-state index in [9.17, 15) is 4.79 Å². The van der Waals surface area contributed by atoms with Crippen LogP contribution in [-0.4, -0.2) is 20.5 Å². The van der Waals surface area contributed by atoms with Gasteiger partial charge in [-0.15, -0.1) is 16.4 Å². The van der Waals surface area contributed by atoms with Gasteiger partial charge in [0.1, 0.15) is 6.04 Å². The maximum Gasteiger partial charge on any atom is 0.241 e. The quantitative estimate of drug-likeness (QED) is 0.840. The van der Waals surface area contributed by atoms with Gasteiger partial charge in [-0.05, 0) is 35.8 Å². The summed E-state index contributed by atoms with van der Waals surface area (Å²) in [5.41, 5.74) is 8.69. The van der Waals surface area contributed by atoms with Crippen LogP contribution in [-0.2, 0) is 4.79 Å². The number of ketones is 1. The Kier molecular flexibility index (Phi) is 2.93. The Morgan fingerprint density at radius 3 is 2.91 bits per heavy atom. The van der Waals surface area contributed by atoms with Gasteiger partial charge in [-0.1, -0.05) is 13.8 Å². The summed E-state index contributed by atoms with van der Waals surface area (Å²) in [7, 11) is 0. The van der Waals surface area contributed by atoms with E-state index in [0.717, 1.165) is 28.1 Å². The molecule has 120 valence electrons. The summed E-state index contributed by atoms with van der Waals surface area (Å²) >= 11 is 1.64. The smallest absolute Gasteiger partial charge is 0.241 e. The van der Waals surface area contributed by atoms with E-state index in [0.29, 0.717) is 12.4 Å². The van der Waals surface area contributed by atoms with Crippen molar-refractivity contribution >= 4 is 29.0 Å². The number of nitrogen functional groups attached to an aromatic ring is 1. The van der Waals surface area contributed by atoms with Crippen LogP contribution in [0, 0.1) is 12.3 Å². The van der Waals surface area contributed by atoms with E-state index in [1.165, 1.54) is 0 Å². The van der Waals surface area contributed by atoms with Crippen LogP contribution in [0.4, 0.5) is 11.9 Å². The molecule has 3 N–H and O–H groups in total. The molecule has 2 aliphatic rings. The average molecular weight is 329 g/mol. The highest BCUT2D eigenvalue weighted by molar-refractivity contribution is 7.10. The number of hydrogen-bond acceptors (Lipinski definition) is 6. The Morgan fingerprint density at radius 2 is 2.22 bits per heavy atom. The van der Waals surface area contributed by atoms with E-state index >= 15 is 0 Å². The number of nitrogens with one attached hydrogen (secondary N) is 1. The van der Waals surface area contributed by atoms with Crippen LogP contribution in [0.1, 0.15) is 43.2 Å². The summed E-state index contributed by atoms with van der Waals surface area (Å²) in [5.74, 6) is 1.02. The highest BCUT2D eigenvalue weighted by atomic mass is 32.1. The molecule has 6 nitrogen and oxygen atoms in total. The zero-order valence-corrected chi connectivity index (χ0v) is 14.2. The van der Waals surface area contributed by atoms with Crippen molar-refractivity contribution in [1.29, 1.82) is 0 Å². The minimum atomic E-state index is -0.227. The van der Waals surface area contributed by atoms with Gasteiger partial charge in [0.25, 0.3) is 0 Å². The van der Waals surface area contributed by atoms with Gasteiger partial charge in [-0.3, -0.25) is 4.79 Å². The molecule has 0 saturated heterocycles. The third-order valence-corrected chi connectivity index (χ3v) is 5.57. The second-order valence-corrected chi connectivity index (χ2v) is 8.01. The summed E-state index contributed by atoms with van der Waals surface area (Å²) in [6.07, 6.45) is 1.37. The number of aromatic nitrogens is 3. The molecule has 0 radical (unpaired) electrons. The predicted molar refractivity (Wildman–Crippen MR) is 90.3 cm³/mol. The van der Waals surface area contributed by atoms with Gasteiger partial charge in [0.2, 0.25) is 11.9 Å². The molecule has 23 heavy (non-hydrogen) atoms. The molecule has 0 saturated carbocycles. The molecule has 0 aromatic carbocycles. The van der Waals surface area contributed by atoms with E-state index in [1.807, 2.05) is 5.38 Å². The first kappa shape index (κ1) is 14.4. The van der Waals surface area contributed by atoms with Gasteiger partial charge in [0.05, 0.1) is 0 Å². The zero-order chi connectivity index (χ0) is 16.4. The molecule has 0 spiro atoms. The van der Waals surface area contributed by atoms with Crippen molar-refractivity contribution in [2.45, 2.75) is 39.7 Å². The van der Waals surface area contributed by atoms with Crippen molar-refractivity contribution in [1.82, 2.24) is 14.8 Å². The summed E-state index contributed by atoms with van der Waals surface area (Å²) < 4.78 is 1.75. The summed E-state index contributed by atoms with van der Waals surface area (Å²) in [4.78, 5) is 18.3. The molecule has 2 aromatic heterocycles. The Bertz CT molecular complexity index is 845. The largest absolute Gasteiger partial charge is 0.366 e. The lowest BCUT2D eigenvalue weighted by Gasteiger charge is -2.38. The van der Waals surface area contributed by atoms with E-state index in [4.69, 9.17) is 5.73 Å². The van der Waals surface area contributed by atoms with Crippen LogP contribution in [0.25, 0.3) is 0 Å². The highest BCUT2D eigenvalue weighted by Crippen LogP contribution is 2.46. The molecule has 0 fully saturated rings. The maximum absolute atomic E-state index is 12.9. The number of anilines is 2. The first-order chi connectivity index (χ1) is 10.9. The topological polar surface area (TPSA) is 85.8 Å². The van der Waals surface area contributed by atoms with E-state index in [1.54, 1.807) is 16.0 Å². The number of aryl methyl sites for hydroxylation is 1. The molecule has 1 aliphatic heterocycles. The second kappa shape index (κ2) is 4.67. The molecule has 0 bridgehead atoms. The summed E-state index contributed by atoms with van der Waals surface area (Å²) in [6.45, 7) is 6.30. The van der Waals surface area contributed by atoms with Crippen LogP contribution in [0.2, 0.25) is 0 Å². The number of carbonyl (C=O) groups is 1. The lowest BCUT2D eigenvalue weighted by atomic mass is 9.73. The fraction of sp³-hybridized carbons (Fsp3) is 0.438. The molecule has 4 rings (SSSR count). The molecule has 0 amide bonds. The minimum Gasteiger partial charge on any atom is -0.366 e. The number of fused-ring (bicyclic) bond motifs is 1. The first-order valence-corrected chi connectivity index (χ1v) is 8.53. The van der Waals surface area contributed by atoms with Crippen molar-refractivity contribution in [3.63, 3.8) is 0 Å². The number of carbonyl (C=O) groups excluding carboxylic acids is 1. The first-order valence-electron chi connectivity index (χ1n) is 7.65. The van der Waals surface area contributed by atoms with E-state index in [-0.39, 0.29) is 23.2 Å². The maximum atomic E-state index is 12.9. The molecule has 1 aliphatic carbocycles. The number of hydrogen-bond donors (Lipinski definition) is 2. The predicted octanol–water partition coefficient (Wildman–Crippen LogP) is 2.89. The van der Waals surface area contributed by atoms with Crippen molar-refractivity contribution in [3.8, 4) is 0 Å². The second-order valence-electron chi connectivity index (χ2n) is 7.07. The molecule has 1 atom stereocenters. The van der Waals surface area contributed by atoms with Gasteiger partial charge >= 0.3 is 0 Å².